The van der Waals surface area contributed by atoms with Gasteiger partial charge in [-0.05, 0) is 25.0 Å². The number of nitrogens with zero attached hydrogens (tertiary/aromatic N) is 3. The quantitative estimate of drug-likeness (QED) is 0.922. The average molecular weight is 345 g/mol. The summed E-state index contributed by atoms with van der Waals surface area (Å²) in [6.07, 6.45) is 3.61. The zero-order valence-electron chi connectivity index (χ0n) is 11.0. The molecule has 0 aliphatic carbocycles. The van der Waals surface area contributed by atoms with Gasteiger partial charge in [0.05, 0.1) is 10.5 Å². The number of thiazole rings is 1. The number of nitrogens with one attached hydrogen (secondary N) is 1. The van der Waals surface area contributed by atoms with Crippen LogP contribution in [0.3, 0.4) is 0 Å². The number of anilines is 2. The zero-order chi connectivity index (χ0) is 14.9. The van der Waals surface area contributed by atoms with Gasteiger partial charge in [0.15, 0.2) is 10.8 Å². The van der Waals surface area contributed by atoms with Crippen molar-refractivity contribution in [1.29, 1.82) is 0 Å². The van der Waals surface area contributed by atoms with Crippen LogP contribution in [0, 0.1) is 0 Å². The van der Waals surface area contributed by atoms with E-state index in [-0.39, 0.29) is 10.0 Å². The number of aromatic nitrogens is 2. The van der Waals surface area contributed by atoms with Gasteiger partial charge >= 0.3 is 0 Å². The topological polar surface area (TPSA) is 75.2 Å². The number of hydrogen-bond donors (Lipinski definition) is 1. The van der Waals surface area contributed by atoms with E-state index in [1.54, 1.807) is 11.6 Å². The SMILES string of the molecule is O=S(=O)(Nc1ncsc1N1CCCC1)c1ncccc1Cl. The first kappa shape index (κ1) is 14.6. The number of hydrogen-bond acceptors (Lipinski definition) is 6. The molecule has 2 aromatic heterocycles. The highest BCUT2D eigenvalue weighted by molar-refractivity contribution is 7.92. The van der Waals surface area contributed by atoms with Crippen LogP contribution in [0.25, 0.3) is 0 Å². The van der Waals surface area contributed by atoms with Gasteiger partial charge in [0.1, 0.15) is 5.00 Å². The molecule has 2 aromatic rings. The fourth-order valence-corrected chi connectivity index (χ4v) is 4.52. The van der Waals surface area contributed by atoms with Crippen molar-refractivity contribution in [2.24, 2.45) is 0 Å². The summed E-state index contributed by atoms with van der Waals surface area (Å²) >= 11 is 7.33. The molecule has 0 atom stereocenters. The number of pyridine rings is 1. The lowest BCUT2D eigenvalue weighted by Gasteiger charge is -2.17. The van der Waals surface area contributed by atoms with E-state index < -0.39 is 10.0 Å². The molecule has 3 rings (SSSR count). The summed E-state index contributed by atoms with van der Waals surface area (Å²) in [5, 5.41) is 0.734. The Labute approximate surface area is 131 Å². The molecule has 1 aliphatic rings. The van der Waals surface area contributed by atoms with Crippen LogP contribution in [0.15, 0.2) is 28.9 Å². The number of sulfonamides is 1. The molecule has 3 heterocycles. The summed E-state index contributed by atoms with van der Waals surface area (Å²) in [5.41, 5.74) is 1.63. The minimum Gasteiger partial charge on any atom is -0.360 e. The Balaban J connectivity index is 1.90. The lowest BCUT2D eigenvalue weighted by atomic mass is 10.4. The summed E-state index contributed by atoms with van der Waals surface area (Å²) in [5.74, 6) is 0.337. The van der Waals surface area contributed by atoms with Gasteiger partial charge in [0.2, 0.25) is 0 Å². The fraction of sp³-hybridized carbons (Fsp3) is 0.333. The average Bonchev–Trinajstić information content (AvgIpc) is 3.09. The van der Waals surface area contributed by atoms with Crippen molar-refractivity contribution in [3.05, 3.63) is 28.9 Å². The van der Waals surface area contributed by atoms with Crippen LogP contribution in [0.5, 0.6) is 0 Å². The predicted molar refractivity (Wildman–Crippen MR) is 83.6 cm³/mol. The van der Waals surface area contributed by atoms with E-state index in [9.17, 15) is 8.42 Å². The van der Waals surface area contributed by atoms with Crippen molar-refractivity contribution in [2.45, 2.75) is 17.9 Å². The molecule has 1 aliphatic heterocycles. The van der Waals surface area contributed by atoms with Crippen LogP contribution in [0.1, 0.15) is 12.8 Å². The molecular formula is C12H13ClN4O2S2. The van der Waals surface area contributed by atoms with Gasteiger partial charge in [0.25, 0.3) is 10.0 Å². The second kappa shape index (κ2) is 5.78. The monoisotopic (exact) mass is 344 g/mol. The Morgan fingerprint density at radius 1 is 1.29 bits per heavy atom. The van der Waals surface area contributed by atoms with Crippen molar-refractivity contribution in [3.63, 3.8) is 0 Å². The van der Waals surface area contributed by atoms with E-state index in [0.717, 1.165) is 30.9 Å². The van der Waals surface area contributed by atoms with Crippen LogP contribution < -0.4 is 9.62 Å². The molecule has 0 saturated carbocycles. The summed E-state index contributed by atoms with van der Waals surface area (Å²) < 4.78 is 27.2. The normalized spacial score (nSPS) is 15.4. The Hall–Kier alpha value is -1.38. The van der Waals surface area contributed by atoms with Crippen molar-refractivity contribution >= 4 is 43.8 Å². The van der Waals surface area contributed by atoms with Crippen LogP contribution in [0.2, 0.25) is 5.02 Å². The number of halogens is 1. The molecule has 0 unspecified atom stereocenters. The highest BCUT2D eigenvalue weighted by Gasteiger charge is 2.24. The third-order valence-corrected chi connectivity index (χ3v) is 5.75. The third kappa shape index (κ3) is 2.97. The largest absolute Gasteiger partial charge is 0.360 e. The second-order valence-electron chi connectivity index (χ2n) is 4.60. The Morgan fingerprint density at radius 3 is 2.76 bits per heavy atom. The Kier molecular flexibility index (Phi) is 4.01. The van der Waals surface area contributed by atoms with E-state index in [1.807, 2.05) is 0 Å². The van der Waals surface area contributed by atoms with Crippen molar-refractivity contribution < 1.29 is 8.42 Å². The van der Waals surface area contributed by atoms with Crippen LogP contribution >= 0.6 is 22.9 Å². The molecule has 112 valence electrons. The molecule has 0 radical (unpaired) electrons. The molecule has 0 aromatic carbocycles. The lowest BCUT2D eigenvalue weighted by molar-refractivity contribution is 0.597. The molecule has 21 heavy (non-hydrogen) atoms. The van der Waals surface area contributed by atoms with Gasteiger partial charge in [0, 0.05) is 19.3 Å². The number of rotatable bonds is 4. The van der Waals surface area contributed by atoms with E-state index in [1.165, 1.54) is 23.6 Å². The molecule has 6 nitrogen and oxygen atoms in total. The molecule has 1 N–H and O–H groups in total. The molecule has 1 saturated heterocycles. The summed E-state index contributed by atoms with van der Waals surface area (Å²) in [6.45, 7) is 1.84. The summed E-state index contributed by atoms with van der Waals surface area (Å²) in [6, 6.07) is 3.07. The molecule has 0 spiro atoms. The van der Waals surface area contributed by atoms with E-state index in [0.29, 0.717) is 5.82 Å². The van der Waals surface area contributed by atoms with Crippen molar-refractivity contribution in [3.8, 4) is 0 Å². The minimum atomic E-state index is -3.84. The van der Waals surface area contributed by atoms with Crippen LogP contribution in [0.4, 0.5) is 10.8 Å². The maximum absolute atomic E-state index is 12.4. The van der Waals surface area contributed by atoms with E-state index in [4.69, 9.17) is 11.6 Å². The van der Waals surface area contributed by atoms with Gasteiger partial charge in [-0.1, -0.05) is 11.6 Å². The molecule has 1 fully saturated rings. The smallest absolute Gasteiger partial charge is 0.282 e. The molecule has 0 amide bonds. The Morgan fingerprint density at radius 2 is 2.05 bits per heavy atom. The van der Waals surface area contributed by atoms with Gasteiger partial charge in [-0.3, -0.25) is 4.72 Å². The Bertz CT molecular complexity index is 741. The summed E-state index contributed by atoms with van der Waals surface area (Å²) in [7, 11) is -3.84. The molecule has 9 heteroatoms. The van der Waals surface area contributed by atoms with Gasteiger partial charge in [-0.15, -0.1) is 11.3 Å². The standard InChI is InChI=1S/C12H13ClN4O2S2/c13-9-4-3-5-14-11(9)21(18,19)16-10-12(20-8-15-10)17-6-1-2-7-17/h3-5,8,16H,1-2,6-7H2. The lowest BCUT2D eigenvalue weighted by Crippen LogP contribution is -2.20. The zero-order valence-corrected chi connectivity index (χ0v) is 13.4. The fourth-order valence-electron chi connectivity index (χ4n) is 2.20. The predicted octanol–water partition coefficient (Wildman–Crippen LogP) is 2.59. The van der Waals surface area contributed by atoms with E-state index >= 15 is 0 Å². The van der Waals surface area contributed by atoms with Crippen molar-refractivity contribution in [2.75, 3.05) is 22.7 Å². The van der Waals surface area contributed by atoms with Gasteiger partial charge in [-0.25, -0.2) is 9.97 Å². The van der Waals surface area contributed by atoms with Gasteiger partial charge in [-0.2, -0.15) is 8.42 Å². The highest BCUT2D eigenvalue weighted by atomic mass is 35.5. The maximum Gasteiger partial charge on any atom is 0.282 e. The first-order valence-electron chi connectivity index (χ1n) is 6.40. The molecular weight excluding hydrogens is 332 g/mol. The van der Waals surface area contributed by atoms with E-state index in [2.05, 4.69) is 19.6 Å². The van der Waals surface area contributed by atoms with Crippen molar-refractivity contribution in [1.82, 2.24) is 9.97 Å². The first-order valence-corrected chi connectivity index (χ1v) is 9.14. The van der Waals surface area contributed by atoms with Gasteiger partial charge < -0.3 is 4.90 Å². The first-order chi connectivity index (χ1) is 10.1. The third-order valence-electron chi connectivity index (χ3n) is 3.15. The second-order valence-corrected chi connectivity index (χ2v) is 7.43. The highest BCUT2D eigenvalue weighted by Crippen LogP contribution is 2.34. The molecule has 0 bridgehead atoms. The van der Waals surface area contributed by atoms with Crippen LogP contribution in [-0.2, 0) is 10.0 Å². The maximum atomic E-state index is 12.4. The summed E-state index contributed by atoms with van der Waals surface area (Å²) in [4.78, 5) is 10.1. The van der Waals surface area contributed by atoms with Crippen LogP contribution in [-0.4, -0.2) is 31.5 Å². The minimum absolute atomic E-state index is 0.0861.